The molecule has 3 rings (SSSR count). The zero-order valence-corrected chi connectivity index (χ0v) is 12.8. The number of carbonyl (C=O) groups is 1. The maximum Gasteiger partial charge on any atom is 0.275 e. The quantitative estimate of drug-likeness (QED) is 0.488. The molecule has 2 aromatic rings. The highest BCUT2D eigenvalue weighted by molar-refractivity contribution is 7.14. The average Bonchev–Trinajstić information content (AvgIpc) is 3.09. The van der Waals surface area contributed by atoms with Crippen LogP contribution in [0.2, 0.25) is 0 Å². The summed E-state index contributed by atoms with van der Waals surface area (Å²) in [4.78, 5) is 15.9. The van der Waals surface area contributed by atoms with E-state index in [2.05, 4.69) is 10.3 Å². The molecule has 0 atom stereocenters. The summed E-state index contributed by atoms with van der Waals surface area (Å²) in [5, 5.41) is 0. The van der Waals surface area contributed by atoms with Crippen molar-refractivity contribution in [1.82, 2.24) is 10.3 Å². The summed E-state index contributed by atoms with van der Waals surface area (Å²) < 4.78 is 5.45. The molecule has 1 fully saturated rings. The number of nitrogens with zero attached hydrogens (tertiary/aromatic N) is 1. The number of nitrogen functional groups attached to an aromatic ring is 1. The molecule has 0 spiro atoms. The van der Waals surface area contributed by atoms with Crippen molar-refractivity contribution < 1.29 is 9.21 Å². The first-order chi connectivity index (χ1) is 10.2. The number of thiophene rings is 1. The van der Waals surface area contributed by atoms with Crippen molar-refractivity contribution in [2.45, 2.75) is 38.9 Å². The average molecular weight is 305 g/mol. The summed E-state index contributed by atoms with van der Waals surface area (Å²) in [6.07, 6.45) is 4.18. The first kappa shape index (κ1) is 14.3. The fraction of sp³-hybridized carbons (Fsp3) is 0.400. The van der Waals surface area contributed by atoms with Crippen molar-refractivity contribution >= 4 is 17.2 Å². The highest BCUT2D eigenvalue weighted by Gasteiger charge is 2.30. The minimum atomic E-state index is -0.224. The second-order valence-electron chi connectivity index (χ2n) is 5.38. The minimum Gasteiger partial charge on any atom is -0.468 e. The summed E-state index contributed by atoms with van der Waals surface area (Å²) >= 11 is 1.49. The number of furan rings is 1. The molecular formula is C15H19N3O2S. The molecule has 0 radical (unpaired) electrons. The summed E-state index contributed by atoms with van der Waals surface area (Å²) in [5.74, 6) is 5.96. The number of hydrogen-bond acceptors (Lipinski definition) is 5. The van der Waals surface area contributed by atoms with Gasteiger partial charge in [0.1, 0.15) is 5.76 Å². The molecule has 1 aliphatic carbocycles. The molecule has 0 saturated heterocycles. The van der Waals surface area contributed by atoms with Crippen LogP contribution in [0.5, 0.6) is 0 Å². The Morgan fingerprint density at radius 2 is 2.33 bits per heavy atom. The number of carbonyl (C=O) groups excluding carboxylic acids is 1. The summed E-state index contributed by atoms with van der Waals surface area (Å²) in [6, 6.07) is 6.49. The molecule has 2 aromatic heterocycles. The molecule has 2 heterocycles. The summed E-state index contributed by atoms with van der Waals surface area (Å²) in [6.45, 7) is 3.70. The van der Waals surface area contributed by atoms with Crippen molar-refractivity contribution in [3.8, 4) is 0 Å². The third-order valence-corrected chi connectivity index (χ3v) is 4.84. The van der Waals surface area contributed by atoms with Gasteiger partial charge in [-0.2, -0.15) is 0 Å². The molecule has 21 heavy (non-hydrogen) atoms. The van der Waals surface area contributed by atoms with Crippen LogP contribution in [-0.4, -0.2) is 16.8 Å². The van der Waals surface area contributed by atoms with Crippen LogP contribution >= 0.6 is 11.3 Å². The number of amides is 1. The molecule has 0 aromatic carbocycles. The Kier molecular flexibility index (Phi) is 4.10. The fourth-order valence-electron chi connectivity index (χ4n) is 2.44. The topological polar surface area (TPSA) is 71.5 Å². The van der Waals surface area contributed by atoms with Crippen molar-refractivity contribution in [2.24, 2.45) is 5.84 Å². The number of hydrogen-bond donors (Lipinski definition) is 2. The van der Waals surface area contributed by atoms with E-state index in [-0.39, 0.29) is 5.91 Å². The van der Waals surface area contributed by atoms with Gasteiger partial charge in [-0.3, -0.25) is 15.1 Å². The Balaban J connectivity index is 1.73. The Morgan fingerprint density at radius 1 is 1.52 bits per heavy atom. The van der Waals surface area contributed by atoms with Gasteiger partial charge in [-0.1, -0.05) is 0 Å². The first-order valence-corrected chi connectivity index (χ1v) is 7.85. The van der Waals surface area contributed by atoms with Gasteiger partial charge in [0.2, 0.25) is 0 Å². The number of hydrazine groups is 1. The molecule has 1 aliphatic rings. The number of nitrogens with two attached hydrogens (primary N) is 1. The van der Waals surface area contributed by atoms with Crippen LogP contribution in [0.1, 0.15) is 38.7 Å². The van der Waals surface area contributed by atoms with Crippen LogP contribution in [0.15, 0.2) is 28.9 Å². The molecule has 1 saturated carbocycles. The lowest BCUT2D eigenvalue weighted by Gasteiger charge is -2.20. The molecular weight excluding hydrogens is 286 g/mol. The van der Waals surface area contributed by atoms with E-state index in [1.54, 1.807) is 6.26 Å². The predicted molar refractivity (Wildman–Crippen MR) is 81.7 cm³/mol. The zero-order chi connectivity index (χ0) is 14.8. The van der Waals surface area contributed by atoms with Crippen molar-refractivity contribution in [3.63, 3.8) is 0 Å². The third-order valence-electron chi connectivity index (χ3n) is 3.75. The largest absolute Gasteiger partial charge is 0.468 e. The molecule has 0 bridgehead atoms. The van der Waals surface area contributed by atoms with E-state index in [0.717, 1.165) is 18.8 Å². The van der Waals surface area contributed by atoms with Crippen LogP contribution in [0, 0.1) is 6.92 Å². The standard InChI is InChI=1S/C15H19N3O2S/c1-10-11(7-14(21-10)15(19)17-16)8-18(12-4-5-12)9-13-3-2-6-20-13/h2-3,6-7,12H,4-5,8-9,16H2,1H3,(H,17,19). The smallest absolute Gasteiger partial charge is 0.275 e. The lowest BCUT2D eigenvalue weighted by atomic mass is 10.2. The molecule has 3 N–H and O–H groups in total. The monoisotopic (exact) mass is 305 g/mol. The molecule has 6 heteroatoms. The Labute approximate surface area is 127 Å². The third kappa shape index (κ3) is 3.34. The van der Waals surface area contributed by atoms with Crippen LogP contribution < -0.4 is 11.3 Å². The molecule has 1 amide bonds. The number of rotatable bonds is 6. The van der Waals surface area contributed by atoms with E-state index >= 15 is 0 Å². The van der Waals surface area contributed by atoms with Crippen LogP contribution in [0.3, 0.4) is 0 Å². The van der Waals surface area contributed by atoms with Gasteiger partial charge in [-0.25, -0.2) is 5.84 Å². The Hall–Kier alpha value is -1.63. The summed E-state index contributed by atoms with van der Waals surface area (Å²) in [7, 11) is 0. The maximum absolute atomic E-state index is 11.6. The molecule has 0 unspecified atom stereocenters. The van der Waals surface area contributed by atoms with Crippen molar-refractivity contribution in [1.29, 1.82) is 0 Å². The zero-order valence-electron chi connectivity index (χ0n) is 12.0. The van der Waals surface area contributed by atoms with Gasteiger partial charge in [0.25, 0.3) is 5.91 Å². The lowest BCUT2D eigenvalue weighted by Crippen LogP contribution is -2.29. The van der Waals surface area contributed by atoms with Gasteiger partial charge < -0.3 is 4.42 Å². The molecule has 0 aliphatic heterocycles. The van der Waals surface area contributed by atoms with E-state index in [4.69, 9.17) is 10.3 Å². The lowest BCUT2D eigenvalue weighted by molar-refractivity contribution is 0.0957. The van der Waals surface area contributed by atoms with E-state index in [1.165, 1.54) is 34.6 Å². The predicted octanol–water partition coefficient (Wildman–Crippen LogP) is 2.42. The number of nitrogens with one attached hydrogen (secondary N) is 1. The highest BCUT2D eigenvalue weighted by Crippen LogP contribution is 2.32. The van der Waals surface area contributed by atoms with Gasteiger partial charge >= 0.3 is 0 Å². The van der Waals surface area contributed by atoms with Crippen molar-refractivity contribution in [2.75, 3.05) is 0 Å². The minimum absolute atomic E-state index is 0.224. The summed E-state index contributed by atoms with van der Waals surface area (Å²) in [5.41, 5.74) is 3.38. The van der Waals surface area contributed by atoms with E-state index in [0.29, 0.717) is 10.9 Å². The van der Waals surface area contributed by atoms with Gasteiger partial charge in [-0.05, 0) is 43.5 Å². The Morgan fingerprint density at radius 3 is 2.95 bits per heavy atom. The fourth-order valence-corrected chi connectivity index (χ4v) is 3.37. The SMILES string of the molecule is Cc1sc(C(=O)NN)cc1CN(Cc1ccco1)C1CC1. The highest BCUT2D eigenvalue weighted by atomic mass is 32.1. The maximum atomic E-state index is 11.6. The van der Waals surface area contributed by atoms with E-state index < -0.39 is 0 Å². The normalized spacial score (nSPS) is 14.6. The second kappa shape index (κ2) is 6.01. The van der Waals surface area contributed by atoms with Crippen molar-refractivity contribution in [3.05, 3.63) is 45.5 Å². The second-order valence-corrected chi connectivity index (χ2v) is 6.64. The van der Waals surface area contributed by atoms with Gasteiger partial charge in [0, 0.05) is 17.5 Å². The van der Waals surface area contributed by atoms with Gasteiger partial charge in [0.15, 0.2) is 0 Å². The van der Waals surface area contributed by atoms with Crippen LogP contribution in [-0.2, 0) is 13.1 Å². The molecule has 112 valence electrons. The number of aryl methyl sites for hydroxylation is 1. The molecule has 5 nitrogen and oxygen atoms in total. The van der Waals surface area contributed by atoms with Crippen LogP contribution in [0.25, 0.3) is 0 Å². The van der Waals surface area contributed by atoms with Gasteiger partial charge in [0.05, 0.1) is 17.7 Å². The Bertz CT molecular complexity index is 617. The first-order valence-electron chi connectivity index (χ1n) is 7.04. The van der Waals surface area contributed by atoms with Gasteiger partial charge in [-0.15, -0.1) is 11.3 Å². The van der Waals surface area contributed by atoms with E-state index in [9.17, 15) is 4.79 Å². The van der Waals surface area contributed by atoms with E-state index in [1.807, 2.05) is 25.1 Å². The van der Waals surface area contributed by atoms with Crippen LogP contribution in [0.4, 0.5) is 0 Å².